The van der Waals surface area contributed by atoms with E-state index in [0.29, 0.717) is 0 Å². The van der Waals surface area contributed by atoms with Crippen LogP contribution in [0.5, 0.6) is 0 Å². The van der Waals surface area contributed by atoms with Crippen LogP contribution in [0.15, 0.2) is 243 Å². The molecule has 2 nitrogen and oxygen atoms in total. The standard InChI is InChI=1S/C60H40N2S/c1-4-18-41(19-5-1)48-26-10-11-27-49(48)43-22-16-25-46(38-43)62-56-32-14-12-28-51(56)52-36-35-47(40-58(52)62)61(45-23-8-3-9-24-45)57-37-34-44(39-55(57)42-20-6-2-7-21-42)50-30-17-31-54-53-29-13-15-33-59(53)63-60(50)54/h1-40H. The van der Waals surface area contributed by atoms with Crippen LogP contribution in [-0.2, 0) is 0 Å². The summed E-state index contributed by atoms with van der Waals surface area (Å²) in [5.74, 6) is 0. The fourth-order valence-corrected chi connectivity index (χ4v) is 10.8. The highest BCUT2D eigenvalue weighted by molar-refractivity contribution is 7.26. The summed E-state index contributed by atoms with van der Waals surface area (Å²) < 4.78 is 5.07. The second kappa shape index (κ2) is 15.5. The van der Waals surface area contributed by atoms with Crippen molar-refractivity contribution in [1.29, 1.82) is 0 Å². The van der Waals surface area contributed by atoms with Crippen molar-refractivity contribution in [2.24, 2.45) is 0 Å². The number of nitrogens with zero attached hydrogens (tertiary/aromatic N) is 2. The van der Waals surface area contributed by atoms with Crippen LogP contribution in [0.25, 0.3) is 92.2 Å². The van der Waals surface area contributed by atoms with Crippen molar-refractivity contribution in [2.45, 2.75) is 0 Å². The minimum Gasteiger partial charge on any atom is -0.310 e. The van der Waals surface area contributed by atoms with E-state index >= 15 is 0 Å². The third-order valence-electron chi connectivity index (χ3n) is 12.4. The SMILES string of the molecule is c1ccc(-c2ccccc2-c2cccc(-n3c4ccccc4c4ccc(N(c5ccccc5)c5ccc(-c6cccc7c6sc6ccccc67)cc5-c5ccccc5)cc43)c2)cc1. The van der Waals surface area contributed by atoms with E-state index in [-0.39, 0.29) is 0 Å². The molecule has 0 atom stereocenters. The predicted molar refractivity (Wildman–Crippen MR) is 270 cm³/mol. The van der Waals surface area contributed by atoms with Crippen LogP contribution >= 0.6 is 11.3 Å². The van der Waals surface area contributed by atoms with Gasteiger partial charge in [-0.1, -0.05) is 182 Å². The van der Waals surface area contributed by atoms with Crippen LogP contribution in [0.3, 0.4) is 0 Å². The van der Waals surface area contributed by atoms with Crippen molar-refractivity contribution in [3.8, 4) is 50.2 Å². The summed E-state index contributed by atoms with van der Waals surface area (Å²) in [6.45, 7) is 0. The van der Waals surface area contributed by atoms with E-state index in [1.807, 2.05) is 11.3 Å². The van der Waals surface area contributed by atoms with Gasteiger partial charge in [0.25, 0.3) is 0 Å². The minimum absolute atomic E-state index is 1.08. The molecule has 0 fully saturated rings. The fourth-order valence-electron chi connectivity index (χ4n) is 9.52. The molecule has 0 aliphatic carbocycles. The van der Waals surface area contributed by atoms with Gasteiger partial charge in [-0.3, -0.25) is 0 Å². The Labute approximate surface area is 370 Å². The lowest BCUT2D eigenvalue weighted by atomic mass is 9.94. The number of para-hydroxylation sites is 2. The Kier molecular flexibility index (Phi) is 9.06. The molecule has 0 N–H and O–H groups in total. The molecular weight excluding hydrogens is 781 g/mol. The second-order valence-electron chi connectivity index (χ2n) is 16.1. The van der Waals surface area contributed by atoms with E-state index in [0.717, 1.165) is 28.3 Å². The van der Waals surface area contributed by atoms with Gasteiger partial charge in [0, 0.05) is 53.6 Å². The molecule has 12 rings (SSSR count). The number of fused-ring (bicyclic) bond motifs is 6. The molecule has 296 valence electrons. The Hall–Kier alpha value is -7.98. The summed E-state index contributed by atoms with van der Waals surface area (Å²) in [5.41, 5.74) is 16.3. The van der Waals surface area contributed by atoms with Gasteiger partial charge in [0.15, 0.2) is 0 Å². The van der Waals surface area contributed by atoms with Crippen LogP contribution in [0, 0.1) is 0 Å². The van der Waals surface area contributed by atoms with E-state index in [1.54, 1.807) is 0 Å². The van der Waals surface area contributed by atoms with Gasteiger partial charge < -0.3 is 9.47 Å². The predicted octanol–water partition coefficient (Wildman–Crippen LogP) is 17.3. The Balaban J connectivity index is 1.06. The van der Waals surface area contributed by atoms with Crippen molar-refractivity contribution in [2.75, 3.05) is 4.90 Å². The molecule has 0 radical (unpaired) electrons. The molecule has 2 aromatic heterocycles. The number of anilines is 3. The van der Waals surface area contributed by atoms with Gasteiger partial charge in [-0.2, -0.15) is 0 Å². The fraction of sp³-hybridized carbons (Fsp3) is 0. The normalized spacial score (nSPS) is 11.5. The average Bonchev–Trinajstić information content (AvgIpc) is 3.91. The molecule has 0 aliphatic rings. The first-order chi connectivity index (χ1) is 31.3. The number of thiophene rings is 1. The molecule has 63 heavy (non-hydrogen) atoms. The molecule has 0 aliphatic heterocycles. The molecule has 0 unspecified atom stereocenters. The average molecular weight is 821 g/mol. The number of hydrogen-bond acceptors (Lipinski definition) is 2. The van der Waals surface area contributed by atoms with Crippen molar-refractivity contribution >= 4 is 70.4 Å². The summed E-state index contributed by atoms with van der Waals surface area (Å²) in [6, 6.07) is 88.4. The van der Waals surface area contributed by atoms with Crippen molar-refractivity contribution in [1.82, 2.24) is 4.57 Å². The summed E-state index contributed by atoms with van der Waals surface area (Å²) in [7, 11) is 0. The van der Waals surface area contributed by atoms with Crippen molar-refractivity contribution in [3.05, 3.63) is 243 Å². The van der Waals surface area contributed by atoms with Crippen LogP contribution in [0.4, 0.5) is 17.1 Å². The van der Waals surface area contributed by atoms with E-state index in [9.17, 15) is 0 Å². The third-order valence-corrected chi connectivity index (χ3v) is 13.6. The second-order valence-corrected chi connectivity index (χ2v) is 17.1. The highest BCUT2D eigenvalue weighted by Crippen LogP contribution is 2.47. The van der Waals surface area contributed by atoms with Gasteiger partial charge in [-0.05, 0) is 99.6 Å². The molecule has 10 aromatic carbocycles. The number of aromatic nitrogens is 1. The van der Waals surface area contributed by atoms with Crippen molar-refractivity contribution in [3.63, 3.8) is 0 Å². The summed E-state index contributed by atoms with van der Waals surface area (Å²) >= 11 is 1.88. The monoisotopic (exact) mass is 820 g/mol. The Morgan fingerprint density at radius 1 is 0.317 bits per heavy atom. The summed E-state index contributed by atoms with van der Waals surface area (Å²) in [5, 5.41) is 5.06. The van der Waals surface area contributed by atoms with Crippen molar-refractivity contribution < 1.29 is 0 Å². The molecule has 3 heteroatoms. The van der Waals surface area contributed by atoms with Gasteiger partial charge in [0.05, 0.1) is 16.7 Å². The minimum atomic E-state index is 1.08. The van der Waals surface area contributed by atoms with Gasteiger partial charge in [0.2, 0.25) is 0 Å². The highest BCUT2D eigenvalue weighted by atomic mass is 32.1. The Bertz CT molecular complexity index is 3620. The van der Waals surface area contributed by atoms with E-state index in [4.69, 9.17) is 0 Å². The topological polar surface area (TPSA) is 8.17 Å². The molecule has 2 heterocycles. The van der Waals surface area contributed by atoms with Crippen LogP contribution in [0.2, 0.25) is 0 Å². The van der Waals surface area contributed by atoms with Gasteiger partial charge >= 0.3 is 0 Å². The van der Waals surface area contributed by atoms with Crippen LogP contribution in [0.1, 0.15) is 0 Å². The molecule has 12 aromatic rings. The van der Waals surface area contributed by atoms with Crippen LogP contribution in [-0.4, -0.2) is 4.57 Å². The zero-order valence-corrected chi connectivity index (χ0v) is 35.2. The lowest BCUT2D eigenvalue weighted by Gasteiger charge is -2.28. The number of benzene rings is 10. The summed E-state index contributed by atoms with van der Waals surface area (Å²) in [6.07, 6.45) is 0. The third kappa shape index (κ3) is 6.41. The van der Waals surface area contributed by atoms with Gasteiger partial charge in [0.1, 0.15) is 0 Å². The maximum Gasteiger partial charge on any atom is 0.0561 e. The summed E-state index contributed by atoms with van der Waals surface area (Å²) in [4.78, 5) is 2.43. The van der Waals surface area contributed by atoms with E-state index in [1.165, 1.54) is 81.0 Å². The highest BCUT2D eigenvalue weighted by Gasteiger charge is 2.22. The molecule has 0 saturated carbocycles. The quantitative estimate of drug-likeness (QED) is 0.148. The lowest BCUT2D eigenvalue weighted by molar-refractivity contribution is 1.18. The number of rotatable bonds is 8. The van der Waals surface area contributed by atoms with Crippen LogP contribution < -0.4 is 4.90 Å². The maximum atomic E-state index is 2.44. The maximum absolute atomic E-state index is 2.44. The van der Waals surface area contributed by atoms with E-state index in [2.05, 4.69) is 252 Å². The lowest BCUT2D eigenvalue weighted by Crippen LogP contribution is -2.11. The largest absolute Gasteiger partial charge is 0.310 e. The Morgan fingerprint density at radius 3 is 1.68 bits per heavy atom. The van der Waals surface area contributed by atoms with E-state index < -0.39 is 0 Å². The first-order valence-electron chi connectivity index (χ1n) is 21.5. The molecule has 0 amide bonds. The number of hydrogen-bond donors (Lipinski definition) is 0. The smallest absolute Gasteiger partial charge is 0.0561 e. The zero-order valence-electron chi connectivity index (χ0n) is 34.4. The molecular formula is C60H40N2S. The first kappa shape index (κ1) is 36.8. The first-order valence-corrected chi connectivity index (χ1v) is 22.3. The molecule has 0 saturated heterocycles. The van der Waals surface area contributed by atoms with Gasteiger partial charge in [-0.15, -0.1) is 11.3 Å². The molecule has 0 bridgehead atoms. The van der Waals surface area contributed by atoms with Gasteiger partial charge in [-0.25, -0.2) is 0 Å². The molecule has 0 spiro atoms. The Morgan fingerprint density at radius 2 is 0.889 bits per heavy atom. The zero-order chi connectivity index (χ0) is 41.7.